The average Bonchev–Trinajstić information content (AvgIpc) is 3.33. The number of hydrogen-bond acceptors (Lipinski definition) is 4. The smallest absolute Gasteiger partial charge is 0.279 e. The Labute approximate surface area is 193 Å². The van der Waals surface area contributed by atoms with Crippen molar-refractivity contribution >= 4 is 28.4 Å². The standard InChI is InChI=1S/C23H22IN5O2/c1-16-22(24)15-26-28(16)11-9-20(30)8-7-17-4-2-6-19(12-17)29-23(31)21(14-27-29)18-5-3-10-25-13-18/h2-6,10,12-15,27H,7-9,11H2,1H3. The zero-order valence-electron chi connectivity index (χ0n) is 17.1. The van der Waals surface area contributed by atoms with E-state index in [4.69, 9.17) is 0 Å². The summed E-state index contributed by atoms with van der Waals surface area (Å²) in [5, 5.41) is 7.33. The Hall–Kier alpha value is -3.01. The highest BCUT2D eigenvalue weighted by molar-refractivity contribution is 14.1. The number of nitrogens with one attached hydrogen (secondary N) is 1. The van der Waals surface area contributed by atoms with Crippen LogP contribution >= 0.6 is 22.6 Å². The molecule has 7 nitrogen and oxygen atoms in total. The Morgan fingerprint density at radius 3 is 2.77 bits per heavy atom. The number of Topliss-reactive ketones (excluding diaryl/α,β-unsaturated/α-hetero) is 1. The van der Waals surface area contributed by atoms with Gasteiger partial charge in [-0.15, -0.1) is 0 Å². The number of carbonyl (C=O) groups excluding carboxylic acids is 1. The molecule has 1 N–H and O–H groups in total. The molecule has 1 aromatic carbocycles. The first-order valence-electron chi connectivity index (χ1n) is 10.0. The van der Waals surface area contributed by atoms with Gasteiger partial charge in [0.2, 0.25) is 0 Å². The van der Waals surface area contributed by atoms with E-state index < -0.39 is 0 Å². The van der Waals surface area contributed by atoms with Gasteiger partial charge in [0.1, 0.15) is 5.78 Å². The van der Waals surface area contributed by atoms with Crippen molar-refractivity contribution in [2.75, 3.05) is 0 Å². The lowest BCUT2D eigenvalue weighted by atomic mass is 10.1. The first kappa shape index (κ1) is 21.2. The van der Waals surface area contributed by atoms with Crippen LogP contribution in [0.2, 0.25) is 0 Å². The van der Waals surface area contributed by atoms with E-state index in [9.17, 15) is 9.59 Å². The molecule has 8 heteroatoms. The maximum atomic E-state index is 12.8. The molecule has 0 amide bonds. The van der Waals surface area contributed by atoms with Crippen LogP contribution in [0.1, 0.15) is 24.1 Å². The van der Waals surface area contributed by atoms with Gasteiger partial charge in [-0.25, -0.2) is 4.68 Å². The highest BCUT2D eigenvalue weighted by Crippen LogP contribution is 2.16. The third kappa shape index (κ3) is 4.84. The number of halogens is 1. The van der Waals surface area contributed by atoms with Gasteiger partial charge in [0.05, 0.1) is 21.0 Å². The summed E-state index contributed by atoms with van der Waals surface area (Å²) in [6.07, 6.45) is 8.40. The molecule has 0 aliphatic heterocycles. The van der Waals surface area contributed by atoms with E-state index in [2.05, 4.69) is 37.8 Å². The number of nitrogens with zero attached hydrogens (tertiary/aromatic N) is 4. The number of aryl methyl sites for hydroxylation is 2. The molecule has 0 aliphatic carbocycles. The molecule has 31 heavy (non-hydrogen) atoms. The highest BCUT2D eigenvalue weighted by atomic mass is 127. The number of aromatic nitrogens is 5. The van der Waals surface area contributed by atoms with Gasteiger partial charge in [0.25, 0.3) is 5.56 Å². The molecular weight excluding hydrogens is 505 g/mol. The fourth-order valence-electron chi connectivity index (χ4n) is 3.43. The molecule has 0 fully saturated rings. The second-order valence-electron chi connectivity index (χ2n) is 7.33. The van der Waals surface area contributed by atoms with Crippen molar-refractivity contribution in [1.82, 2.24) is 24.5 Å². The van der Waals surface area contributed by atoms with Crippen LogP contribution in [0.5, 0.6) is 0 Å². The molecule has 0 radical (unpaired) electrons. The molecule has 0 saturated heterocycles. The van der Waals surface area contributed by atoms with Crippen LogP contribution in [0, 0.1) is 10.5 Å². The topological polar surface area (TPSA) is 85.6 Å². The molecule has 0 bridgehead atoms. The van der Waals surface area contributed by atoms with E-state index in [1.165, 1.54) is 4.68 Å². The van der Waals surface area contributed by atoms with E-state index in [-0.39, 0.29) is 11.3 Å². The van der Waals surface area contributed by atoms with Crippen LogP contribution < -0.4 is 5.56 Å². The lowest BCUT2D eigenvalue weighted by molar-refractivity contribution is -0.119. The minimum Gasteiger partial charge on any atom is -0.300 e. The summed E-state index contributed by atoms with van der Waals surface area (Å²) in [5.41, 5.74) is 4.05. The van der Waals surface area contributed by atoms with Gasteiger partial charge in [-0.05, 0) is 59.7 Å². The van der Waals surface area contributed by atoms with Crippen molar-refractivity contribution in [3.05, 3.63) is 86.4 Å². The van der Waals surface area contributed by atoms with E-state index in [1.807, 2.05) is 48.1 Å². The molecular formula is C23H22IN5O2. The molecule has 158 valence electrons. The zero-order chi connectivity index (χ0) is 21.8. The number of benzene rings is 1. The Kier molecular flexibility index (Phi) is 6.45. The van der Waals surface area contributed by atoms with Gasteiger partial charge in [-0.2, -0.15) is 5.10 Å². The summed E-state index contributed by atoms with van der Waals surface area (Å²) in [5.74, 6) is 0.200. The van der Waals surface area contributed by atoms with Gasteiger partial charge in [-0.1, -0.05) is 18.2 Å². The molecule has 4 aromatic rings. The number of rotatable bonds is 8. The van der Waals surface area contributed by atoms with Crippen molar-refractivity contribution in [1.29, 1.82) is 0 Å². The third-order valence-electron chi connectivity index (χ3n) is 5.25. The van der Waals surface area contributed by atoms with Gasteiger partial charge in [-0.3, -0.25) is 24.4 Å². The lowest BCUT2D eigenvalue weighted by Crippen LogP contribution is -2.16. The van der Waals surface area contributed by atoms with E-state index in [1.54, 1.807) is 24.7 Å². The SMILES string of the molecule is Cc1c(I)cnn1CCC(=O)CCc1cccc(-n2[nH]cc(-c3cccnc3)c2=O)c1. The zero-order valence-corrected chi connectivity index (χ0v) is 19.2. The predicted molar refractivity (Wildman–Crippen MR) is 127 cm³/mol. The molecule has 0 spiro atoms. The van der Waals surface area contributed by atoms with Gasteiger partial charge >= 0.3 is 0 Å². The van der Waals surface area contributed by atoms with Crippen molar-refractivity contribution < 1.29 is 4.79 Å². The van der Waals surface area contributed by atoms with Gasteiger partial charge in [0, 0.05) is 49.2 Å². The largest absolute Gasteiger partial charge is 0.300 e. The molecule has 4 rings (SSSR count). The van der Waals surface area contributed by atoms with E-state index >= 15 is 0 Å². The summed E-state index contributed by atoms with van der Waals surface area (Å²) in [7, 11) is 0. The normalized spacial score (nSPS) is 11.0. The minimum atomic E-state index is -0.134. The molecule has 0 atom stereocenters. The Bertz CT molecular complexity index is 1260. The number of carbonyl (C=O) groups is 1. The third-order valence-corrected chi connectivity index (χ3v) is 6.31. The maximum Gasteiger partial charge on any atom is 0.279 e. The molecule has 3 aromatic heterocycles. The number of ketones is 1. The number of pyridine rings is 1. The van der Waals surface area contributed by atoms with Crippen LogP contribution in [0.15, 0.2) is 66.0 Å². The fraction of sp³-hybridized carbons (Fsp3) is 0.217. The van der Waals surface area contributed by atoms with Crippen LogP contribution in [0.25, 0.3) is 16.8 Å². The first-order chi connectivity index (χ1) is 15.0. The van der Waals surface area contributed by atoms with Crippen molar-refractivity contribution in [2.45, 2.75) is 32.7 Å². The van der Waals surface area contributed by atoms with E-state index in [0.29, 0.717) is 31.4 Å². The van der Waals surface area contributed by atoms with Crippen LogP contribution in [-0.4, -0.2) is 30.3 Å². The second-order valence-corrected chi connectivity index (χ2v) is 8.49. The Morgan fingerprint density at radius 2 is 2.03 bits per heavy atom. The summed E-state index contributed by atoms with van der Waals surface area (Å²) >= 11 is 2.24. The quantitative estimate of drug-likeness (QED) is 0.352. The molecule has 0 aliphatic rings. The van der Waals surface area contributed by atoms with Crippen LogP contribution in [0.3, 0.4) is 0 Å². The molecule has 0 saturated carbocycles. The van der Waals surface area contributed by atoms with E-state index in [0.717, 1.165) is 26.1 Å². The second kappa shape index (κ2) is 9.42. The summed E-state index contributed by atoms with van der Waals surface area (Å²) in [4.78, 5) is 29.3. The predicted octanol–water partition coefficient (Wildman–Crippen LogP) is 3.93. The molecule has 0 unspecified atom stereocenters. The monoisotopic (exact) mass is 527 g/mol. The number of hydrogen-bond donors (Lipinski definition) is 1. The molecule has 3 heterocycles. The van der Waals surface area contributed by atoms with Crippen molar-refractivity contribution in [3.8, 4) is 16.8 Å². The lowest BCUT2D eigenvalue weighted by Gasteiger charge is -2.07. The van der Waals surface area contributed by atoms with Gasteiger partial charge in [0.15, 0.2) is 0 Å². The summed E-state index contributed by atoms with van der Waals surface area (Å²) in [6.45, 7) is 2.61. The van der Waals surface area contributed by atoms with Crippen LogP contribution in [0.4, 0.5) is 0 Å². The van der Waals surface area contributed by atoms with Gasteiger partial charge < -0.3 is 0 Å². The van der Waals surface area contributed by atoms with Crippen LogP contribution in [-0.2, 0) is 17.8 Å². The number of aromatic amines is 1. The first-order valence-corrected chi connectivity index (χ1v) is 11.1. The highest BCUT2D eigenvalue weighted by Gasteiger charge is 2.11. The summed E-state index contributed by atoms with van der Waals surface area (Å²) in [6, 6.07) is 11.4. The average molecular weight is 527 g/mol. The van der Waals surface area contributed by atoms with Crippen molar-refractivity contribution in [3.63, 3.8) is 0 Å². The Balaban J connectivity index is 1.41. The maximum absolute atomic E-state index is 12.8. The Morgan fingerprint density at radius 1 is 1.16 bits per heavy atom. The number of H-pyrrole nitrogens is 1. The fourth-order valence-corrected chi connectivity index (χ4v) is 3.83. The van der Waals surface area contributed by atoms with Crippen molar-refractivity contribution in [2.24, 2.45) is 0 Å². The minimum absolute atomic E-state index is 0.134. The summed E-state index contributed by atoms with van der Waals surface area (Å²) < 4.78 is 4.49.